The Labute approximate surface area is 146 Å². The predicted octanol–water partition coefficient (Wildman–Crippen LogP) is 1.51. The molecule has 2 N–H and O–H groups in total. The molecule has 132 valence electrons. The van der Waals surface area contributed by atoms with Crippen molar-refractivity contribution in [2.45, 2.75) is 42.9 Å². The van der Waals surface area contributed by atoms with Crippen LogP contribution in [0.1, 0.15) is 37.2 Å². The standard InChI is InChI=1S/C17H29NO3Si.H4Si/c1-19-17(12-8-13-18)16(15-9-5-4-6-10-15)11-7-14-22(17,20-2)21-3;/h4-6,9-10,16H,7-8,11-14,18H2,1-3H3;1H4. The van der Waals surface area contributed by atoms with E-state index in [1.54, 1.807) is 21.3 Å². The van der Waals surface area contributed by atoms with Gasteiger partial charge in [0, 0.05) is 27.2 Å². The summed E-state index contributed by atoms with van der Waals surface area (Å²) in [5.41, 5.74) is 7.11. The van der Waals surface area contributed by atoms with Gasteiger partial charge in [-0.2, -0.15) is 0 Å². The molecule has 0 aromatic heterocycles. The molecule has 1 saturated heterocycles. The molecule has 6 heteroatoms. The molecule has 1 aromatic carbocycles. The highest BCUT2D eigenvalue weighted by atomic mass is 28.4. The maximum Gasteiger partial charge on any atom is 0.371 e. The summed E-state index contributed by atoms with van der Waals surface area (Å²) in [6.45, 7) is 0.657. The zero-order chi connectivity index (χ0) is 16.1. The monoisotopic (exact) mass is 355 g/mol. The SMILES string of the molecule is COC1(CCCN)C(c2ccccc2)CCC[Si]1(OC)OC.[SiH4]. The summed E-state index contributed by atoms with van der Waals surface area (Å²) in [5.74, 6) is 0.297. The van der Waals surface area contributed by atoms with Crippen LogP contribution in [-0.2, 0) is 13.6 Å². The summed E-state index contributed by atoms with van der Waals surface area (Å²) < 4.78 is 18.3. The van der Waals surface area contributed by atoms with Crippen LogP contribution in [0, 0.1) is 0 Å². The molecule has 0 radical (unpaired) electrons. The van der Waals surface area contributed by atoms with Crippen molar-refractivity contribution in [1.82, 2.24) is 0 Å². The fourth-order valence-corrected chi connectivity index (χ4v) is 8.20. The third-order valence-corrected chi connectivity index (χ3v) is 9.61. The Bertz CT molecular complexity index is 456. The molecular formula is C17H33NO3Si2. The maximum atomic E-state index is 6.20. The van der Waals surface area contributed by atoms with E-state index in [4.69, 9.17) is 19.3 Å². The van der Waals surface area contributed by atoms with Crippen LogP contribution in [0.15, 0.2) is 30.3 Å². The Morgan fingerprint density at radius 1 is 1.17 bits per heavy atom. The number of ether oxygens (including phenoxy) is 1. The lowest BCUT2D eigenvalue weighted by Crippen LogP contribution is -2.67. The molecule has 1 heterocycles. The van der Waals surface area contributed by atoms with Gasteiger partial charge < -0.3 is 19.3 Å². The molecule has 0 spiro atoms. The second-order valence-corrected chi connectivity index (χ2v) is 9.67. The average Bonchev–Trinajstić information content (AvgIpc) is 2.60. The second-order valence-electron chi connectivity index (χ2n) is 6.00. The van der Waals surface area contributed by atoms with Crippen LogP contribution in [0.2, 0.25) is 6.04 Å². The van der Waals surface area contributed by atoms with Crippen molar-refractivity contribution in [2.75, 3.05) is 27.9 Å². The minimum atomic E-state index is -2.47. The zero-order valence-corrected chi connectivity index (χ0v) is 15.0. The molecule has 1 aliphatic heterocycles. The first-order valence-corrected chi connectivity index (χ1v) is 10.1. The largest absolute Gasteiger partial charge is 0.396 e. The summed E-state index contributed by atoms with van der Waals surface area (Å²) in [7, 11) is 2.89. The minimum Gasteiger partial charge on any atom is -0.396 e. The van der Waals surface area contributed by atoms with Crippen molar-refractivity contribution in [3.63, 3.8) is 0 Å². The number of hydrogen-bond acceptors (Lipinski definition) is 4. The molecule has 1 fully saturated rings. The third-order valence-electron chi connectivity index (χ3n) is 5.18. The van der Waals surface area contributed by atoms with E-state index < -0.39 is 8.56 Å². The molecule has 0 bridgehead atoms. The van der Waals surface area contributed by atoms with E-state index in [0.29, 0.717) is 12.5 Å². The number of hydrogen-bond donors (Lipinski definition) is 1. The highest BCUT2D eigenvalue weighted by molar-refractivity contribution is 6.71. The molecule has 1 aromatic rings. The van der Waals surface area contributed by atoms with Gasteiger partial charge in [-0.05, 0) is 48.4 Å². The van der Waals surface area contributed by atoms with Crippen molar-refractivity contribution in [3.05, 3.63) is 35.9 Å². The van der Waals surface area contributed by atoms with Crippen LogP contribution >= 0.6 is 0 Å². The minimum absolute atomic E-state index is 0. The van der Waals surface area contributed by atoms with Crippen LogP contribution in [0.25, 0.3) is 0 Å². The number of rotatable bonds is 7. The lowest BCUT2D eigenvalue weighted by molar-refractivity contribution is -0.0306. The van der Waals surface area contributed by atoms with Crippen molar-refractivity contribution in [3.8, 4) is 0 Å². The van der Waals surface area contributed by atoms with Crippen LogP contribution in [0.5, 0.6) is 0 Å². The highest BCUT2D eigenvalue weighted by Gasteiger charge is 2.63. The molecule has 1 aliphatic rings. The predicted molar refractivity (Wildman–Crippen MR) is 102 cm³/mol. The summed E-state index contributed by atoms with van der Waals surface area (Å²) in [6.07, 6.45) is 4.01. The number of nitrogens with two attached hydrogens (primary N) is 1. The van der Waals surface area contributed by atoms with E-state index in [9.17, 15) is 0 Å². The fraction of sp³-hybridized carbons (Fsp3) is 0.647. The van der Waals surface area contributed by atoms with Crippen molar-refractivity contribution in [1.29, 1.82) is 0 Å². The molecule has 2 atom stereocenters. The van der Waals surface area contributed by atoms with Gasteiger partial charge in [0.15, 0.2) is 0 Å². The van der Waals surface area contributed by atoms with Crippen LogP contribution < -0.4 is 5.73 Å². The number of benzene rings is 1. The first kappa shape index (κ1) is 20.5. The van der Waals surface area contributed by atoms with E-state index in [1.807, 2.05) is 0 Å². The summed E-state index contributed by atoms with van der Waals surface area (Å²) in [4.78, 5) is 0. The normalized spacial score (nSPS) is 26.5. The van der Waals surface area contributed by atoms with Gasteiger partial charge in [0.25, 0.3) is 0 Å². The molecule has 23 heavy (non-hydrogen) atoms. The van der Waals surface area contributed by atoms with Gasteiger partial charge in [-0.15, -0.1) is 0 Å². The Morgan fingerprint density at radius 2 is 1.83 bits per heavy atom. The van der Waals surface area contributed by atoms with E-state index >= 15 is 0 Å². The first-order chi connectivity index (χ1) is 10.7. The van der Waals surface area contributed by atoms with Crippen molar-refractivity contribution >= 4 is 19.5 Å². The number of methoxy groups -OCH3 is 1. The van der Waals surface area contributed by atoms with E-state index in [1.165, 1.54) is 5.56 Å². The molecule has 0 amide bonds. The van der Waals surface area contributed by atoms with Crippen molar-refractivity contribution < 1.29 is 13.6 Å². The zero-order valence-electron chi connectivity index (χ0n) is 14.0. The molecule has 2 unspecified atom stereocenters. The lowest BCUT2D eigenvalue weighted by Gasteiger charge is -2.52. The quantitative estimate of drug-likeness (QED) is 0.753. The Hall–Kier alpha value is -0.506. The molecule has 0 saturated carbocycles. The maximum absolute atomic E-state index is 6.20. The van der Waals surface area contributed by atoms with E-state index in [-0.39, 0.29) is 16.2 Å². The first-order valence-electron chi connectivity index (χ1n) is 8.10. The molecule has 2 rings (SSSR count). The van der Waals surface area contributed by atoms with Crippen LogP contribution in [0.3, 0.4) is 0 Å². The third kappa shape index (κ3) is 3.62. The van der Waals surface area contributed by atoms with E-state index in [0.717, 1.165) is 31.7 Å². The van der Waals surface area contributed by atoms with Gasteiger partial charge in [0.05, 0.1) is 0 Å². The second kappa shape index (κ2) is 9.10. The Kier molecular flexibility index (Phi) is 8.13. The van der Waals surface area contributed by atoms with Gasteiger partial charge in [-0.3, -0.25) is 0 Å². The van der Waals surface area contributed by atoms with Crippen LogP contribution in [-0.4, -0.2) is 52.6 Å². The van der Waals surface area contributed by atoms with Crippen LogP contribution in [0.4, 0.5) is 0 Å². The summed E-state index contributed by atoms with van der Waals surface area (Å²) in [5, 5.41) is -0.379. The molecule has 4 nitrogen and oxygen atoms in total. The van der Waals surface area contributed by atoms with Gasteiger partial charge >= 0.3 is 8.56 Å². The Morgan fingerprint density at radius 3 is 2.35 bits per heavy atom. The van der Waals surface area contributed by atoms with Crippen molar-refractivity contribution in [2.24, 2.45) is 5.73 Å². The topological polar surface area (TPSA) is 53.7 Å². The Balaban J connectivity index is 0.00000264. The van der Waals surface area contributed by atoms with Gasteiger partial charge in [0.1, 0.15) is 5.22 Å². The van der Waals surface area contributed by atoms with E-state index in [2.05, 4.69) is 30.3 Å². The van der Waals surface area contributed by atoms with Gasteiger partial charge in [0.2, 0.25) is 0 Å². The fourth-order valence-electron chi connectivity index (χ4n) is 4.13. The lowest BCUT2D eigenvalue weighted by atomic mass is 9.85. The summed E-state index contributed by atoms with van der Waals surface area (Å²) in [6, 6.07) is 11.6. The molecular weight excluding hydrogens is 322 g/mol. The molecule has 0 aliphatic carbocycles. The van der Waals surface area contributed by atoms with Gasteiger partial charge in [-0.25, -0.2) is 0 Å². The average molecular weight is 356 g/mol. The highest BCUT2D eigenvalue weighted by Crippen LogP contribution is 2.50. The van der Waals surface area contributed by atoms with Gasteiger partial charge in [-0.1, -0.05) is 36.8 Å². The smallest absolute Gasteiger partial charge is 0.371 e. The summed E-state index contributed by atoms with van der Waals surface area (Å²) >= 11 is 0.